The first kappa shape index (κ1) is 30.0. The second-order valence-electron chi connectivity index (χ2n) is 13.6. The fraction of sp³-hybridized carbons (Fsp3) is 0.633. The van der Waals surface area contributed by atoms with Gasteiger partial charge < -0.3 is 21.1 Å². The third-order valence-electron chi connectivity index (χ3n) is 10.3. The monoisotopic (exact) mass is 556 g/mol. The lowest BCUT2D eigenvalue weighted by molar-refractivity contribution is -0.197. The highest BCUT2D eigenvalue weighted by Crippen LogP contribution is 2.56. The quantitative estimate of drug-likeness (QED) is 0.389. The summed E-state index contributed by atoms with van der Waals surface area (Å²) < 4.78 is 0. The fourth-order valence-corrected chi connectivity index (χ4v) is 7.00. The van der Waals surface area contributed by atoms with Crippen molar-refractivity contribution in [3.8, 4) is 5.75 Å². The number of ketones is 4. The van der Waals surface area contributed by atoms with Crippen LogP contribution in [0.25, 0.3) is 0 Å². The van der Waals surface area contributed by atoms with Crippen LogP contribution >= 0.6 is 0 Å². The Morgan fingerprint density at radius 2 is 1.65 bits per heavy atom. The molecule has 10 heteroatoms. The minimum absolute atomic E-state index is 0.0835. The second kappa shape index (κ2) is 9.56. The van der Waals surface area contributed by atoms with Crippen molar-refractivity contribution in [3.05, 3.63) is 29.3 Å². The molecular weight excluding hydrogens is 516 g/mol. The van der Waals surface area contributed by atoms with Crippen molar-refractivity contribution in [1.82, 2.24) is 4.90 Å². The molecule has 2 fully saturated rings. The first-order chi connectivity index (χ1) is 18.3. The number of phenolic OH excluding ortho intramolecular Hbond substituents is 1. The number of hydrogen-bond donors (Lipinski definition) is 4. The summed E-state index contributed by atoms with van der Waals surface area (Å²) in [5.41, 5.74) is 2.43. The number of Topliss-reactive ketones (excluding diaryl/α,β-unsaturated/α-hetero) is 4. The fourth-order valence-electron chi connectivity index (χ4n) is 7.00. The number of benzene rings is 1. The van der Waals surface area contributed by atoms with Gasteiger partial charge in [0.1, 0.15) is 5.75 Å². The molecule has 0 heterocycles. The number of amides is 1. The van der Waals surface area contributed by atoms with Crippen molar-refractivity contribution >= 4 is 29.0 Å². The van der Waals surface area contributed by atoms with Crippen LogP contribution < -0.4 is 5.73 Å². The Kier molecular flexibility index (Phi) is 7.18. The van der Waals surface area contributed by atoms with E-state index in [-0.39, 0.29) is 22.1 Å². The van der Waals surface area contributed by atoms with Gasteiger partial charge in [-0.2, -0.15) is 0 Å². The van der Waals surface area contributed by atoms with E-state index in [9.17, 15) is 39.3 Å². The Balaban J connectivity index is 1.94. The molecular formula is C30H40N2O8. The molecule has 1 aromatic rings. The van der Waals surface area contributed by atoms with Crippen LogP contribution in [0, 0.1) is 34.5 Å². The number of primary amides is 1. The van der Waals surface area contributed by atoms with Crippen LogP contribution in [0.5, 0.6) is 5.75 Å². The van der Waals surface area contributed by atoms with Crippen LogP contribution in [0.2, 0.25) is 0 Å². The second-order valence-corrected chi connectivity index (χ2v) is 13.6. The van der Waals surface area contributed by atoms with Crippen molar-refractivity contribution in [3.63, 3.8) is 0 Å². The van der Waals surface area contributed by atoms with Gasteiger partial charge in [-0.1, -0.05) is 46.8 Å². The molecule has 3 unspecified atom stereocenters. The van der Waals surface area contributed by atoms with Gasteiger partial charge in [0.15, 0.2) is 34.7 Å². The number of likely N-dealkylation sites (N-methyl/N-ethyl adjacent to an activating group) is 1. The summed E-state index contributed by atoms with van der Waals surface area (Å²) in [5, 5.41) is 34.5. The largest absolute Gasteiger partial charge is 0.507 e. The summed E-state index contributed by atoms with van der Waals surface area (Å²) in [5.74, 6) is -13.1. The number of phenols is 1. The van der Waals surface area contributed by atoms with Crippen molar-refractivity contribution in [2.45, 2.75) is 71.1 Å². The average molecular weight is 557 g/mol. The molecule has 2 saturated carbocycles. The molecule has 0 spiro atoms. The van der Waals surface area contributed by atoms with E-state index in [0.717, 1.165) is 0 Å². The van der Waals surface area contributed by atoms with Gasteiger partial charge in [-0.25, -0.2) is 0 Å². The van der Waals surface area contributed by atoms with Crippen molar-refractivity contribution in [2.75, 3.05) is 14.1 Å². The number of aromatic hydroxyl groups is 1. The molecule has 5 N–H and O–H groups in total. The van der Waals surface area contributed by atoms with Crippen molar-refractivity contribution in [1.29, 1.82) is 0 Å². The first-order valence-electron chi connectivity index (χ1n) is 13.6. The van der Waals surface area contributed by atoms with E-state index >= 15 is 0 Å². The minimum Gasteiger partial charge on any atom is -0.507 e. The van der Waals surface area contributed by atoms with Crippen LogP contribution in [0.3, 0.4) is 0 Å². The summed E-state index contributed by atoms with van der Waals surface area (Å²) in [6.07, 6.45) is -0.602. The van der Waals surface area contributed by atoms with E-state index in [1.165, 1.54) is 25.1 Å². The molecule has 0 bridgehead atoms. The van der Waals surface area contributed by atoms with Gasteiger partial charge in [-0.05, 0) is 55.3 Å². The molecule has 8 atom stereocenters. The standard InChI is InChI=1S/C30H40N2O8/c1-28(2,3)29(4,5)12-11-14-13-9-8-10-15(33)16(13)22(34)18-17(14)23(35)20-21(32(6)7)24(36)19(27(31)39)26(38)30(20,40)25(18)37/h8-10,14,17-21,23,33,35,40H,11-12H2,1-7H3,(H2,31,39)/t14-,17+,18?,19?,20+,21?,23-,30-/m0/s1. The molecule has 218 valence electrons. The van der Waals surface area contributed by atoms with Crippen LogP contribution in [-0.4, -0.2) is 81.1 Å². The van der Waals surface area contributed by atoms with Gasteiger partial charge >= 0.3 is 0 Å². The number of rotatable bonds is 5. The molecule has 3 aliphatic carbocycles. The Morgan fingerprint density at radius 3 is 2.17 bits per heavy atom. The number of aliphatic hydroxyl groups is 2. The molecule has 0 aliphatic heterocycles. The smallest absolute Gasteiger partial charge is 0.235 e. The normalized spacial score (nSPS) is 34.4. The van der Waals surface area contributed by atoms with E-state index < -0.39 is 76.4 Å². The summed E-state index contributed by atoms with van der Waals surface area (Å²) in [6, 6.07) is 3.20. The molecule has 40 heavy (non-hydrogen) atoms. The van der Waals surface area contributed by atoms with Gasteiger partial charge in [-0.15, -0.1) is 0 Å². The van der Waals surface area contributed by atoms with Crippen LogP contribution in [0.1, 0.15) is 69.3 Å². The molecule has 0 aromatic heterocycles. The lowest BCUT2D eigenvalue weighted by atomic mass is 9.48. The molecule has 3 aliphatic rings. The zero-order valence-electron chi connectivity index (χ0n) is 24.1. The molecule has 0 saturated heterocycles. The number of carbonyl (C=O) groups is 5. The van der Waals surface area contributed by atoms with E-state index in [2.05, 4.69) is 34.6 Å². The number of aliphatic hydroxyl groups excluding tert-OH is 1. The van der Waals surface area contributed by atoms with Gasteiger partial charge in [0.05, 0.1) is 29.5 Å². The Hall–Kier alpha value is -2.95. The highest BCUT2D eigenvalue weighted by Gasteiger charge is 2.73. The molecule has 4 rings (SSSR count). The number of nitrogens with two attached hydrogens (primary N) is 1. The predicted molar refractivity (Wildman–Crippen MR) is 144 cm³/mol. The number of fused-ring (bicyclic) bond motifs is 3. The Morgan fingerprint density at radius 1 is 1.05 bits per heavy atom. The summed E-state index contributed by atoms with van der Waals surface area (Å²) in [4.78, 5) is 68.5. The maximum absolute atomic E-state index is 14.2. The number of hydrogen-bond acceptors (Lipinski definition) is 9. The van der Waals surface area contributed by atoms with Gasteiger partial charge in [-0.3, -0.25) is 28.9 Å². The summed E-state index contributed by atoms with van der Waals surface area (Å²) >= 11 is 0. The number of nitrogens with zero attached hydrogens (tertiary/aromatic N) is 1. The third-order valence-corrected chi connectivity index (χ3v) is 10.3. The highest BCUT2D eigenvalue weighted by molar-refractivity contribution is 6.32. The molecule has 10 nitrogen and oxygen atoms in total. The molecule has 0 radical (unpaired) electrons. The lowest BCUT2D eigenvalue weighted by Crippen LogP contribution is -2.77. The molecule has 1 amide bonds. The third kappa shape index (κ3) is 4.06. The highest BCUT2D eigenvalue weighted by atomic mass is 16.3. The van der Waals surface area contributed by atoms with E-state index in [0.29, 0.717) is 18.4 Å². The van der Waals surface area contributed by atoms with Crippen molar-refractivity contribution in [2.24, 2.45) is 40.2 Å². The van der Waals surface area contributed by atoms with Gasteiger partial charge in [0, 0.05) is 5.92 Å². The Labute approximate surface area is 233 Å². The maximum Gasteiger partial charge on any atom is 0.235 e. The molecule has 1 aromatic carbocycles. The van der Waals surface area contributed by atoms with Gasteiger partial charge in [0.25, 0.3) is 0 Å². The van der Waals surface area contributed by atoms with E-state index in [4.69, 9.17) is 5.73 Å². The SMILES string of the molecule is CN(C)C1C(=O)C(C(N)=O)C(=O)[C@@]2(O)C(=O)C3C(=O)c4c(O)cccc4[C@H](CCC(C)(C)C(C)(C)C)[C@H]3[C@H](O)[C@@H]12. The summed E-state index contributed by atoms with van der Waals surface area (Å²) in [6.45, 7) is 10.5. The topological polar surface area (TPSA) is 175 Å². The maximum atomic E-state index is 14.2. The van der Waals surface area contributed by atoms with Crippen LogP contribution in [-0.2, 0) is 19.2 Å². The van der Waals surface area contributed by atoms with Crippen LogP contribution in [0.15, 0.2) is 18.2 Å². The average Bonchev–Trinajstić information content (AvgIpc) is 2.82. The number of carbonyl (C=O) groups excluding carboxylic acids is 5. The van der Waals surface area contributed by atoms with E-state index in [1.54, 1.807) is 12.1 Å². The lowest BCUT2D eigenvalue weighted by Gasteiger charge is -2.56. The Bertz CT molecular complexity index is 1290. The summed E-state index contributed by atoms with van der Waals surface area (Å²) in [7, 11) is 2.95. The van der Waals surface area contributed by atoms with E-state index in [1.807, 2.05) is 0 Å². The van der Waals surface area contributed by atoms with Crippen LogP contribution in [0.4, 0.5) is 0 Å². The zero-order valence-corrected chi connectivity index (χ0v) is 24.1. The first-order valence-corrected chi connectivity index (χ1v) is 13.6. The van der Waals surface area contributed by atoms with Gasteiger partial charge in [0.2, 0.25) is 5.91 Å². The predicted octanol–water partition coefficient (Wildman–Crippen LogP) is 1.23. The minimum atomic E-state index is -3.00. The van der Waals surface area contributed by atoms with Crippen molar-refractivity contribution < 1.29 is 39.3 Å². The zero-order chi connectivity index (χ0) is 30.3.